The zero-order valence-corrected chi connectivity index (χ0v) is 12.1. The van der Waals surface area contributed by atoms with Crippen LogP contribution in [0.3, 0.4) is 0 Å². The van der Waals surface area contributed by atoms with Gasteiger partial charge in [0.25, 0.3) is 0 Å². The van der Waals surface area contributed by atoms with E-state index in [1.165, 1.54) is 0 Å². The fraction of sp³-hybridized carbons (Fsp3) is 0.786. The first-order chi connectivity index (χ1) is 9.43. The molecule has 0 unspecified atom stereocenters. The van der Waals surface area contributed by atoms with Crippen molar-refractivity contribution in [1.82, 2.24) is 15.5 Å². The van der Waals surface area contributed by atoms with Gasteiger partial charge in [0.15, 0.2) is 0 Å². The number of likely N-dealkylation sites (N-methyl/N-ethyl adjacent to an activating group) is 1. The molecular formula is C14H22N4O2. The van der Waals surface area contributed by atoms with Gasteiger partial charge < -0.3 is 10.6 Å². The van der Waals surface area contributed by atoms with Crippen LogP contribution >= 0.6 is 0 Å². The monoisotopic (exact) mass is 278 g/mol. The van der Waals surface area contributed by atoms with Crippen molar-refractivity contribution in [2.24, 2.45) is 5.92 Å². The highest BCUT2D eigenvalue weighted by atomic mass is 16.2. The number of nitrogens with one attached hydrogen (secondary N) is 2. The van der Waals surface area contributed by atoms with Gasteiger partial charge in [-0.25, -0.2) is 0 Å². The summed E-state index contributed by atoms with van der Waals surface area (Å²) in [5.74, 6) is 0.00984. The largest absolute Gasteiger partial charge is 0.352 e. The molecule has 6 nitrogen and oxygen atoms in total. The molecule has 0 aromatic rings. The number of amides is 2. The SMILES string of the molecule is CN(CC(=O)NC1CC1)CC(=O)N[C@@](C)(C#N)C1CC1. The molecule has 0 heterocycles. The Hall–Kier alpha value is -1.61. The molecule has 2 amide bonds. The van der Waals surface area contributed by atoms with Crippen LogP contribution in [-0.2, 0) is 9.59 Å². The molecule has 1 atom stereocenters. The lowest BCUT2D eigenvalue weighted by atomic mass is 9.98. The number of carbonyl (C=O) groups excluding carboxylic acids is 2. The van der Waals surface area contributed by atoms with Crippen LogP contribution in [-0.4, -0.2) is 48.4 Å². The highest BCUT2D eigenvalue weighted by Gasteiger charge is 2.43. The first kappa shape index (κ1) is 14.8. The van der Waals surface area contributed by atoms with Gasteiger partial charge in [-0.3, -0.25) is 14.5 Å². The average molecular weight is 278 g/mol. The lowest BCUT2D eigenvalue weighted by Gasteiger charge is -2.24. The van der Waals surface area contributed by atoms with Gasteiger partial charge >= 0.3 is 0 Å². The van der Waals surface area contributed by atoms with E-state index in [-0.39, 0.29) is 30.8 Å². The molecule has 0 spiro atoms. The molecule has 0 saturated heterocycles. The summed E-state index contributed by atoms with van der Waals surface area (Å²) in [6.45, 7) is 2.10. The van der Waals surface area contributed by atoms with Crippen LogP contribution in [0.4, 0.5) is 0 Å². The number of nitrogens with zero attached hydrogens (tertiary/aromatic N) is 2. The van der Waals surface area contributed by atoms with Crippen molar-refractivity contribution in [2.75, 3.05) is 20.1 Å². The molecular weight excluding hydrogens is 256 g/mol. The van der Waals surface area contributed by atoms with Crippen LogP contribution in [0.2, 0.25) is 0 Å². The average Bonchev–Trinajstić information content (AvgIpc) is 3.21. The first-order valence-electron chi connectivity index (χ1n) is 7.13. The second-order valence-corrected chi connectivity index (χ2v) is 6.15. The zero-order valence-electron chi connectivity index (χ0n) is 12.1. The Morgan fingerprint density at radius 3 is 2.35 bits per heavy atom. The highest BCUT2D eigenvalue weighted by molar-refractivity contribution is 5.82. The molecule has 110 valence electrons. The summed E-state index contributed by atoms with van der Waals surface area (Å²) in [5.41, 5.74) is -0.770. The molecule has 0 bridgehead atoms. The van der Waals surface area contributed by atoms with Crippen molar-refractivity contribution in [1.29, 1.82) is 5.26 Å². The molecule has 6 heteroatoms. The maximum Gasteiger partial charge on any atom is 0.235 e. The molecule has 2 aliphatic rings. The Labute approximate surface area is 119 Å². The van der Waals surface area contributed by atoms with Gasteiger partial charge in [-0.05, 0) is 45.6 Å². The standard InChI is InChI=1S/C14H22N4O2/c1-14(9-15,10-3-4-10)17-13(20)8-18(2)7-12(19)16-11-5-6-11/h10-11H,3-8H2,1-2H3,(H,16,19)(H,17,20)/t14-/m0/s1. The number of rotatable bonds is 7. The third-order valence-electron chi connectivity index (χ3n) is 3.79. The lowest BCUT2D eigenvalue weighted by molar-refractivity contribution is -0.125. The van der Waals surface area contributed by atoms with Crippen LogP contribution in [0, 0.1) is 17.2 Å². The van der Waals surface area contributed by atoms with Crippen LogP contribution in [0.1, 0.15) is 32.6 Å². The van der Waals surface area contributed by atoms with E-state index in [2.05, 4.69) is 16.7 Å². The summed E-state index contributed by atoms with van der Waals surface area (Å²) in [4.78, 5) is 25.2. The predicted octanol–water partition coefficient (Wildman–Crippen LogP) is 0.00528. The fourth-order valence-corrected chi connectivity index (χ4v) is 2.26. The molecule has 2 saturated carbocycles. The van der Waals surface area contributed by atoms with Crippen LogP contribution in [0.15, 0.2) is 0 Å². The minimum atomic E-state index is -0.770. The fourth-order valence-electron chi connectivity index (χ4n) is 2.26. The van der Waals surface area contributed by atoms with Gasteiger partial charge in [0.1, 0.15) is 5.54 Å². The molecule has 20 heavy (non-hydrogen) atoms. The van der Waals surface area contributed by atoms with E-state index in [1.807, 2.05) is 0 Å². The second kappa shape index (κ2) is 5.80. The minimum Gasteiger partial charge on any atom is -0.352 e. The summed E-state index contributed by atoms with van der Waals surface area (Å²) in [5, 5.41) is 14.9. The predicted molar refractivity (Wildman–Crippen MR) is 73.5 cm³/mol. The lowest BCUT2D eigenvalue weighted by Crippen LogP contribution is -2.50. The smallest absolute Gasteiger partial charge is 0.235 e. The van der Waals surface area contributed by atoms with Crippen LogP contribution in [0.25, 0.3) is 0 Å². The maximum absolute atomic E-state index is 11.9. The highest BCUT2D eigenvalue weighted by Crippen LogP contribution is 2.39. The summed E-state index contributed by atoms with van der Waals surface area (Å²) in [7, 11) is 1.73. The Morgan fingerprint density at radius 1 is 1.25 bits per heavy atom. The molecule has 2 N–H and O–H groups in total. The molecule has 0 radical (unpaired) electrons. The topological polar surface area (TPSA) is 85.2 Å². The van der Waals surface area contributed by atoms with Crippen LogP contribution < -0.4 is 10.6 Å². The van der Waals surface area contributed by atoms with Gasteiger partial charge in [0, 0.05) is 6.04 Å². The maximum atomic E-state index is 11.9. The number of hydrogen-bond acceptors (Lipinski definition) is 4. The normalized spacial score (nSPS) is 20.9. The van der Waals surface area contributed by atoms with Crippen molar-refractivity contribution in [2.45, 2.75) is 44.2 Å². The summed E-state index contributed by atoms with van der Waals surface area (Å²) < 4.78 is 0. The van der Waals surface area contributed by atoms with Crippen molar-refractivity contribution >= 4 is 11.8 Å². The van der Waals surface area contributed by atoms with Gasteiger partial charge in [-0.1, -0.05) is 0 Å². The molecule has 0 aliphatic heterocycles. The van der Waals surface area contributed by atoms with E-state index in [0.717, 1.165) is 25.7 Å². The number of hydrogen-bond donors (Lipinski definition) is 2. The Balaban J connectivity index is 1.72. The van der Waals surface area contributed by atoms with Gasteiger partial charge in [0.05, 0.1) is 19.2 Å². The number of nitriles is 1. The van der Waals surface area contributed by atoms with E-state index in [0.29, 0.717) is 6.04 Å². The van der Waals surface area contributed by atoms with Crippen molar-refractivity contribution in [3.8, 4) is 6.07 Å². The molecule has 0 aromatic heterocycles. The third kappa shape index (κ3) is 4.20. The second-order valence-electron chi connectivity index (χ2n) is 6.15. The van der Waals surface area contributed by atoms with Crippen molar-refractivity contribution < 1.29 is 9.59 Å². The van der Waals surface area contributed by atoms with Crippen LogP contribution in [0.5, 0.6) is 0 Å². The first-order valence-corrected chi connectivity index (χ1v) is 7.13. The minimum absolute atomic E-state index is 0.0481. The Morgan fingerprint density at radius 2 is 1.85 bits per heavy atom. The van der Waals surface area contributed by atoms with E-state index in [9.17, 15) is 14.9 Å². The van der Waals surface area contributed by atoms with Crippen molar-refractivity contribution in [3.63, 3.8) is 0 Å². The Kier molecular flexibility index (Phi) is 4.29. The Bertz CT molecular complexity index is 437. The summed E-state index contributed by atoms with van der Waals surface area (Å²) in [6, 6.07) is 2.52. The third-order valence-corrected chi connectivity index (χ3v) is 3.79. The van der Waals surface area contributed by atoms with E-state index < -0.39 is 5.54 Å². The summed E-state index contributed by atoms with van der Waals surface area (Å²) in [6.07, 6.45) is 4.09. The van der Waals surface area contributed by atoms with E-state index in [4.69, 9.17) is 0 Å². The van der Waals surface area contributed by atoms with Gasteiger partial charge in [0.2, 0.25) is 11.8 Å². The molecule has 2 aliphatic carbocycles. The van der Waals surface area contributed by atoms with E-state index in [1.54, 1.807) is 18.9 Å². The van der Waals surface area contributed by atoms with E-state index >= 15 is 0 Å². The molecule has 2 fully saturated rings. The zero-order chi connectivity index (χ0) is 14.8. The van der Waals surface area contributed by atoms with Gasteiger partial charge in [-0.15, -0.1) is 0 Å². The molecule has 2 rings (SSSR count). The van der Waals surface area contributed by atoms with Crippen molar-refractivity contribution in [3.05, 3.63) is 0 Å². The number of carbonyl (C=O) groups is 2. The quantitative estimate of drug-likeness (QED) is 0.687. The molecule has 0 aromatic carbocycles. The summed E-state index contributed by atoms with van der Waals surface area (Å²) >= 11 is 0. The van der Waals surface area contributed by atoms with Gasteiger partial charge in [-0.2, -0.15) is 5.26 Å².